The Morgan fingerprint density at radius 1 is 1.29 bits per heavy atom. The number of aromatic nitrogens is 3. The summed E-state index contributed by atoms with van der Waals surface area (Å²) in [6, 6.07) is 7.85. The van der Waals surface area contributed by atoms with Gasteiger partial charge < -0.3 is 5.32 Å². The minimum atomic E-state index is -0.168. The highest BCUT2D eigenvalue weighted by Crippen LogP contribution is 2.21. The predicted molar refractivity (Wildman–Crippen MR) is 91.4 cm³/mol. The minimum absolute atomic E-state index is 0.168. The molecule has 0 spiro atoms. The molecule has 126 valence electrons. The fourth-order valence-corrected chi connectivity index (χ4v) is 3.24. The standard InChI is InChI=1S/C18H23N5O/c1-19-18(24)17-10-16(21-13-22-17)9-14-5-4-8-23(11-14)12-15-6-2-3-7-20-15/h2-3,6-7,10,13-14H,4-5,8-9,11-12H2,1H3,(H,19,24)/t14-/m1/s1. The number of piperidine rings is 1. The minimum Gasteiger partial charge on any atom is -0.354 e. The number of carbonyl (C=O) groups is 1. The molecular weight excluding hydrogens is 302 g/mol. The summed E-state index contributed by atoms with van der Waals surface area (Å²) in [6.07, 6.45) is 6.58. The summed E-state index contributed by atoms with van der Waals surface area (Å²) in [4.78, 5) is 26.9. The highest BCUT2D eigenvalue weighted by molar-refractivity contribution is 5.91. The largest absolute Gasteiger partial charge is 0.354 e. The summed E-state index contributed by atoms with van der Waals surface area (Å²) in [6.45, 7) is 3.04. The first-order chi connectivity index (χ1) is 11.7. The van der Waals surface area contributed by atoms with Crippen LogP contribution in [-0.4, -0.2) is 45.9 Å². The van der Waals surface area contributed by atoms with Crippen LogP contribution in [0.2, 0.25) is 0 Å². The third-order valence-corrected chi connectivity index (χ3v) is 4.40. The van der Waals surface area contributed by atoms with Crippen LogP contribution in [0.3, 0.4) is 0 Å². The van der Waals surface area contributed by atoms with Crippen molar-refractivity contribution in [1.82, 2.24) is 25.2 Å². The van der Waals surface area contributed by atoms with Crippen molar-refractivity contribution in [3.05, 3.63) is 53.9 Å². The van der Waals surface area contributed by atoms with Crippen molar-refractivity contribution in [2.24, 2.45) is 5.92 Å². The van der Waals surface area contributed by atoms with E-state index in [-0.39, 0.29) is 5.91 Å². The van der Waals surface area contributed by atoms with Crippen LogP contribution in [-0.2, 0) is 13.0 Å². The molecule has 1 N–H and O–H groups in total. The van der Waals surface area contributed by atoms with Crippen molar-refractivity contribution in [3.63, 3.8) is 0 Å². The molecule has 6 heteroatoms. The number of hydrogen-bond acceptors (Lipinski definition) is 5. The second kappa shape index (κ2) is 7.97. The van der Waals surface area contributed by atoms with Gasteiger partial charge in [0.05, 0.1) is 5.69 Å². The van der Waals surface area contributed by atoms with Crippen LogP contribution in [0.25, 0.3) is 0 Å². The summed E-state index contributed by atoms with van der Waals surface area (Å²) in [5.74, 6) is 0.383. The number of pyridine rings is 1. The molecule has 1 aliphatic heterocycles. The number of hydrogen-bond donors (Lipinski definition) is 1. The molecule has 0 saturated carbocycles. The Labute approximate surface area is 142 Å². The van der Waals surface area contributed by atoms with Crippen molar-refractivity contribution in [2.75, 3.05) is 20.1 Å². The lowest BCUT2D eigenvalue weighted by atomic mass is 9.93. The highest BCUT2D eigenvalue weighted by Gasteiger charge is 2.21. The van der Waals surface area contributed by atoms with Gasteiger partial charge in [-0.1, -0.05) is 6.07 Å². The van der Waals surface area contributed by atoms with Gasteiger partial charge in [0.15, 0.2) is 0 Å². The SMILES string of the molecule is CNC(=O)c1cc(C[C@H]2CCCN(Cc3ccccn3)C2)ncn1. The van der Waals surface area contributed by atoms with Crippen molar-refractivity contribution in [2.45, 2.75) is 25.8 Å². The Bertz CT molecular complexity index is 676. The Balaban J connectivity index is 1.60. The molecule has 0 aromatic carbocycles. The van der Waals surface area contributed by atoms with Gasteiger partial charge in [-0.2, -0.15) is 0 Å². The molecular formula is C18H23N5O. The fraction of sp³-hybridized carbons (Fsp3) is 0.444. The fourth-order valence-electron chi connectivity index (χ4n) is 3.24. The Hall–Kier alpha value is -2.34. The summed E-state index contributed by atoms with van der Waals surface area (Å²) < 4.78 is 0. The average Bonchev–Trinajstić information content (AvgIpc) is 2.62. The summed E-state index contributed by atoms with van der Waals surface area (Å²) >= 11 is 0. The number of amides is 1. The monoisotopic (exact) mass is 325 g/mol. The van der Waals surface area contributed by atoms with Crippen LogP contribution in [0.15, 0.2) is 36.8 Å². The van der Waals surface area contributed by atoms with E-state index in [4.69, 9.17) is 0 Å². The lowest BCUT2D eigenvalue weighted by Gasteiger charge is -2.32. The Kier molecular flexibility index (Phi) is 5.48. The zero-order valence-corrected chi connectivity index (χ0v) is 14.0. The van der Waals surface area contributed by atoms with E-state index in [1.807, 2.05) is 18.3 Å². The maximum absolute atomic E-state index is 11.7. The second-order valence-electron chi connectivity index (χ2n) is 6.24. The first-order valence-electron chi connectivity index (χ1n) is 8.40. The van der Waals surface area contributed by atoms with Crippen molar-refractivity contribution in [3.8, 4) is 0 Å². The van der Waals surface area contributed by atoms with E-state index in [9.17, 15) is 4.79 Å². The zero-order valence-electron chi connectivity index (χ0n) is 14.0. The highest BCUT2D eigenvalue weighted by atomic mass is 16.1. The average molecular weight is 325 g/mol. The summed E-state index contributed by atoms with van der Waals surface area (Å²) in [5, 5.41) is 2.60. The number of rotatable bonds is 5. The molecule has 2 aromatic heterocycles. The molecule has 2 aromatic rings. The van der Waals surface area contributed by atoms with E-state index in [1.165, 1.54) is 19.2 Å². The predicted octanol–water partition coefficient (Wildman–Crippen LogP) is 1.69. The maximum atomic E-state index is 11.7. The summed E-state index contributed by atoms with van der Waals surface area (Å²) in [7, 11) is 1.61. The number of likely N-dealkylation sites (tertiary alicyclic amines) is 1. The van der Waals surface area contributed by atoms with Gasteiger partial charge in [0.25, 0.3) is 5.91 Å². The van der Waals surface area contributed by atoms with E-state index >= 15 is 0 Å². The quantitative estimate of drug-likeness (QED) is 0.906. The normalized spacial score (nSPS) is 18.3. The zero-order chi connectivity index (χ0) is 16.8. The van der Waals surface area contributed by atoms with Crippen LogP contribution in [0.5, 0.6) is 0 Å². The molecule has 1 aliphatic rings. The molecule has 3 rings (SSSR count). The lowest BCUT2D eigenvalue weighted by Crippen LogP contribution is -2.36. The second-order valence-corrected chi connectivity index (χ2v) is 6.24. The summed E-state index contributed by atoms with van der Waals surface area (Å²) in [5.41, 5.74) is 2.49. The first-order valence-corrected chi connectivity index (χ1v) is 8.40. The molecule has 1 atom stereocenters. The maximum Gasteiger partial charge on any atom is 0.269 e. The molecule has 1 amide bonds. The van der Waals surface area contributed by atoms with E-state index in [0.29, 0.717) is 11.6 Å². The third kappa shape index (κ3) is 4.35. The van der Waals surface area contributed by atoms with Gasteiger partial charge in [0.1, 0.15) is 12.0 Å². The Morgan fingerprint density at radius 3 is 3.00 bits per heavy atom. The van der Waals surface area contributed by atoms with E-state index in [2.05, 4.69) is 31.2 Å². The lowest BCUT2D eigenvalue weighted by molar-refractivity contribution is 0.0957. The van der Waals surface area contributed by atoms with Crippen LogP contribution in [0.4, 0.5) is 0 Å². The molecule has 24 heavy (non-hydrogen) atoms. The van der Waals surface area contributed by atoms with Crippen LogP contribution >= 0.6 is 0 Å². The smallest absolute Gasteiger partial charge is 0.269 e. The van der Waals surface area contributed by atoms with Crippen molar-refractivity contribution >= 4 is 5.91 Å². The van der Waals surface area contributed by atoms with Crippen molar-refractivity contribution < 1.29 is 4.79 Å². The number of carbonyl (C=O) groups excluding carboxylic acids is 1. The molecule has 0 bridgehead atoms. The van der Waals surface area contributed by atoms with Crippen molar-refractivity contribution in [1.29, 1.82) is 0 Å². The van der Waals surface area contributed by atoms with Crippen LogP contribution in [0.1, 0.15) is 34.7 Å². The van der Waals surface area contributed by atoms with Gasteiger partial charge in [-0.3, -0.25) is 14.7 Å². The van der Waals surface area contributed by atoms with Gasteiger partial charge in [0.2, 0.25) is 0 Å². The van der Waals surface area contributed by atoms with Crippen LogP contribution in [0, 0.1) is 5.92 Å². The molecule has 0 unspecified atom stereocenters. The van der Waals surface area contributed by atoms with Gasteiger partial charge in [0, 0.05) is 32.0 Å². The van der Waals surface area contributed by atoms with Gasteiger partial charge in [-0.25, -0.2) is 9.97 Å². The van der Waals surface area contributed by atoms with E-state index in [1.54, 1.807) is 13.1 Å². The molecule has 3 heterocycles. The van der Waals surface area contributed by atoms with E-state index < -0.39 is 0 Å². The first kappa shape index (κ1) is 16.5. The van der Waals surface area contributed by atoms with Crippen LogP contribution < -0.4 is 5.32 Å². The molecule has 6 nitrogen and oxygen atoms in total. The molecule has 1 saturated heterocycles. The number of nitrogens with one attached hydrogen (secondary N) is 1. The Morgan fingerprint density at radius 2 is 2.21 bits per heavy atom. The van der Waals surface area contributed by atoms with Gasteiger partial charge in [-0.05, 0) is 49.9 Å². The van der Waals surface area contributed by atoms with Gasteiger partial charge in [-0.15, -0.1) is 0 Å². The molecule has 1 fully saturated rings. The topological polar surface area (TPSA) is 71.0 Å². The third-order valence-electron chi connectivity index (χ3n) is 4.40. The number of nitrogens with zero attached hydrogens (tertiary/aromatic N) is 4. The van der Waals surface area contributed by atoms with E-state index in [0.717, 1.165) is 37.4 Å². The molecule has 0 aliphatic carbocycles. The molecule has 0 radical (unpaired) electrons. The van der Waals surface area contributed by atoms with Gasteiger partial charge >= 0.3 is 0 Å².